The number of rotatable bonds is 2. The van der Waals surface area contributed by atoms with E-state index in [4.69, 9.17) is 4.74 Å². The van der Waals surface area contributed by atoms with Crippen LogP contribution in [0.15, 0.2) is 42.5 Å². The van der Waals surface area contributed by atoms with Gasteiger partial charge in [0.15, 0.2) is 0 Å². The Morgan fingerprint density at radius 2 is 1.81 bits per heavy atom. The van der Waals surface area contributed by atoms with Crippen molar-refractivity contribution in [2.24, 2.45) is 5.41 Å². The van der Waals surface area contributed by atoms with Crippen molar-refractivity contribution in [1.82, 2.24) is 9.88 Å². The van der Waals surface area contributed by atoms with Gasteiger partial charge in [0.25, 0.3) is 0 Å². The van der Waals surface area contributed by atoms with E-state index in [2.05, 4.69) is 23.7 Å². The first-order valence-electron chi connectivity index (χ1n) is 10.6. The molecule has 3 aromatic rings. The molecule has 162 valence electrons. The van der Waals surface area contributed by atoms with Gasteiger partial charge < -0.3 is 19.7 Å². The van der Waals surface area contributed by atoms with Crippen molar-refractivity contribution in [3.8, 4) is 11.4 Å². The van der Waals surface area contributed by atoms with E-state index in [9.17, 15) is 14.3 Å². The van der Waals surface area contributed by atoms with Crippen LogP contribution in [0.2, 0.25) is 0 Å². The summed E-state index contributed by atoms with van der Waals surface area (Å²) in [7, 11) is 1.65. The van der Waals surface area contributed by atoms with Crippen molar-refractivity contribution in [2.45, 2.75) is 44.6 Å². The van der Waals surface area contributed by atoms with Crippen LogP contribution in [0.25, 0.3) is 16.6 Å². The van der Waals surface area contributed by atoms with Gasteiger partial charge in [-0.1, -0.05) is 26.8 Å². The minimum absolute atomic E-state index is 0.000367. The summed E-state index contributed by atoms with van der Waals surface area (Å²) in [6.07, 6.45) is 1.08. The summed E-state index contributed by atoms with van der Waals surface area (Å²) in [5.74, 6) is -0.111. The number of halogens is 1. The molecule has 1 aliphatic carbocycles. The van der Waals surface area contributed by atoms with E-state index < -0.39 is 11.0 Å². The summed E-state index contributed by atoms with van der Waals surface area (Å²) in [5.41, 5.74) is 2.15. The molecule has 31 heavy (non-hydrogen) atoms. The van der Waals surface area contributed by atoms with Crippen LogP contribution in [0.4, 0.5) is 4.39 Å². The molecule has 1 aliphatic heterocycles. The number of aromatic hydroxyl groups is 1. The molecule has 1 saturated carbocycles. The van der Waals surface area contributed by atoms with Crippen LogP contribution in [-0.4, -0.2) is 29.2 Å². The molecule has 2 aliphatic rings. The largest absolute Gasteiger partial charge is 0.507 e. The maximum atomic E-state index is 13.7. The maximum absolute atomic E-state index is 13.7. The number of fused-ring (bicyclic) bond motifs is 4. The molecule has 1 spiro atoms. The number of benzene rings is 2. The lowest BCUT2D eigenvalue weighted by molar-refractivity contribution is -0.195. The Morgan fingerprint density at radius 1 is 1.13 bits per heavy atom. The lowest BCUT2D eigenvalue weighted by Gasteiger charge is -2.57. The van der Waals surface area contributed by atoms with E-state index in [1.54, 1.807) is 25.2 Å². The zero-order valence-electron chi connectivity index (χ0n) is 18.3. The number of aromatic nitrogens is 1. The average Bonchev–Trinajstić information content (AvgIpc) is 3.08. The van der Waals surface area contributed by atoms with E-state index in [0.717, 1.165) is 27.8 Å². The highest BCUT2D eigenvalue weighted by atomic mass is 19.1. The number of hydrogen-bond donors (Lipinski definition) is 2. The van der Waals surface area contributed by atoms with Crippen molar-refractivity contribution >= 4 is 16.8 Å². The first-order chi connectivity index (χ1) is 14.6. The standard InChI is InChI=1S/C25H27FN2O3/c1-23(2)14-31-25(12-24(3,13-25)22(30)27-4)20-19-17(6-5-7-18(19)29)28(21(20)23)16-10-8-15(26)9-11-16/h5-11,29H,12-14H2,1-4H3,(H,27,30)/t24-,25+. The van der Waals surface area contributed by atoms with Gasteiger partial charge in [-0.15, -0.1) is 0 Å². The van der Waals surface area contributed by atoms with Crippen LogP contribution in [0.5, 0.6) is 5.75 Å². The minimum atomic E-state index is -0.644. The van der Waals surface area contributed by atoms with Crippen molar-refractivity contribution in [2.75, 3.05) is 13.7 Å². The summed E-state index contributed by atoms with van der Waals surface area (Å²) in [5, 5.41) is 14.4. The summed E-state index contributed by atoms with van der Waals surface area (Å²) in [4.78, 5) is 12.5. The van der Waals surface area contributed by atoms with Gasteiger partial charge in [0, 0.05) is 34.8 Å². The fourth-order valence-corrected chi connectivity index (χ4v) is 5.67. The molecular weight excluding hydrogens is 395 g/mol. The number of amides is 1. The quantitative estimate of drug-likeness (QED) is 0.638. The fraction of sp³-hybridized carbons (Fsp3) is 0.400. The summed E-state index contributed by atoms with van der Waals surface area (Å²) in [6.45, 7) is 6.68. The fourth-order valence-electron chi connectivity index (χ4n) is 5.67. The molecular formula is C25H27FN2O3. The number of carbonyl (C=O) groups excluding carboxylic acids is 1. The Hall–Kier alpha value is -2.86. The smallest absolute Gasteiger partial charge is 0.225 e. The van der Waals surface area contributed by atoms with Gasteiger partial charge in [0.05, 0.1) is 23.1 Å². The van der Waals surface area contributed by atoms with Gasteiger partial charge in [0.2, 0.25) is 5.91 Å². The predicted octanol–water partition coefficient (Wildman–Crippen LogP) is 4.52. The molecule has 2 N–H and O–H groups in total. The Balaban J connectivity index is 1.82. The van der Waals surface area contributed by atoms with Crippen molar-refractivity contribution in [1.29, 1.82) is 0 Å². The average molecular weight is 423 g/mol. The molecule has 6 heteroatoms. The summed E-state index contributed by atoms with van der Waals surface area (Å²) >= 11 is 0. The second-order valence-corrected chi connectivity index (χ2v) is 9.87. The molecule has 1 amide bonds. The van der Waals surface area contributed by atoms with E-state index >= 15 is 0 Å². The molecule has 0 radical (unpaired) electrons. The highest BCUT2D eigenvalue weighted by Gasteiger charge is 2.62. The van der Waals surface area contributed by atoms with Gasteiger partial charge in [-0.25, -0.2) is 4.39 Å². The Bertz CT molecular complexity index is 1200. The third-order valence-corrected chi connectivity index (χ3v) is 6.99. The van der Waals surface area contributed by atoms with Crippen LogP contribution in [0.1, 0.15) is 44.9 Å². The normalized spacial score (nSPS) is 26.5. The van der Waals surface area contributed by atoms with Gasteiger partial charge in [-0.05, 0) is 49.2 Å². The molecule has 2 aromatic carbocycles. The molecule has 1 fully saturated rings. The predicted molar refractivity (Wildman–Crippen MR) is 117 cm³/mol. The van der Waals surface area contributed by atoms with Crippen molar-refractivity contribution in [3.63, 3.8) is 0 Å². The highest BCUT2D eigenvalue weighted by molar-refractivity contribution is 5.95. The zero-order chi connectivity index (χ0) is 22.2. The second kappa shape index (κ2) is 6.33. The zero-order valence-corrected chi connectivity index (χ0v) is 18.3. The van der Waals surface area contributed by atoms with Crippen LogP contribution < -0.4 is 5.32 Å². The Labute approximate surface area is 180 Å². The molecule has 1 aromatic heterocycles. The summed E-state index contributed by atoms with van der Waals surface area (Å²) in [6, 6.07) is 11.9. The Morgan fingerprint density at radius 3 is 2.45 bits per heavy atom. The SMILES string of the molecule is CNC(=O)[C@]1(C)C[C@@]2(C1)OCC(C)(C)c1c2c2c(O)cccc2n1-c1ccc(F)cc1. The topological polar surface area (TPSA) is 63.5 Å². The molecule has 0 saturated heterocycles. The highest BCUT2D eigenvalue weighted by Crippen LogP contribution is 2.63. The van der Waals surface area contributed by atoms with E-state index in [1.807, 2.05) is 19.1 Å². The first-order valence-corrected chi connectivity index (χ1v) is 10.6. The lowest BCUT2D eigenvalue weighted by atomic mass is 9.55. The Kier molecular flexibility index (Phi) is 4.10. The molecule has 0 unspecified atom stereocenters. The number of hydrogen-bond acceptors (Lipinski definition) is 3. The molecule has 5 nitrogen and oxygen atoms in total. The second-order valence-electron chi connectivity index (χ2n) is 9.87. The lowest BCUT2D eigenvalue weighted by Crippen LogP contribution is -2.59. The number of phenolic OH excluding ortho intramolecular Hbond substituents is 1. The third kappa shape index (κ3) is 2.67. The van der Waals surface area contributed by atoms with E-state index in [1.165, 1.54) is 12.1 Å². The van der Waals surface area contributed by atoms with Gasteiger partial charge in [0.1, 0.15) is 11.6 Å². The molecule has 0 bridgehead atoms. The van der Waals surface area contributed by atoms with Crippen LogP contribution in [-0.2, 0) is 20.5 Å². The number of nitrogens with one attached hydrogen (secondary N) is 1. The van der Waals surface area contributed by atoms with Crippen LogP contribution in [0.3, 0.4) is 0 Å². The van der Waals surface area contributed by atoms with Crippen molar-refractivity contribution < 1.29 is 19.0 Å². The van der Waals surface area contributed by atoms with Gasteiger partial charge in [-0.3, -0.25) is 4.79 Å². The van der Waals surface area contributed by atoms with E-state index in [0.29, 0.717) is 19.4 Å². The first kappa shape index (κ1) is 20.1. The maximum Gasteiger partial charge on any atom is 0.225 e. The number of ether oxygens (including phenoxy) is 1. The van der Waals surface area contributed by atoms with Crippen molar-refractivity contribution in [3.05, 3.63) is 59.5 Å². The summed E-state index contributed by atoms with van der Waals surface area (Å²) < 4.78 is 22.3. The van der Waals surface area contributed by atoms with Crippen LogP contribution >= 0.6 is 0 Å². The van der Waals surface area contributed by atoms with Gasteiger partial charge in [-0.2, -0.15) is 0 Å². The third-order valence-electron chi connectivity index (χ3n) is 6.99. The number of carbonyl (C=O) groups is 1. The molecule has 2 heterocycles. The van der Waals surface area contributed by atoms with Crippen LogP contribution in [0, 0.1) is 11.2 Å². The molecule has 0 atom stereocenters. The van der Waals surface area contributed by atoms with E-state index in [-0.39, 0.29) is 22.9 Å². The van der Waals surface area contributed by atoms with Gasteiger partial charge >= 0.3 is 0 Å². The monoisotopic (exact) mass is 422 g/mol. The molecule has 5 rings (SSSR count). The number of nitrogens with zero attached hydrogens (tertiary/aromatic N) is 1. The number of phenols is 1. The minimum Gasteiger partial charge on any atom is -0.507 e.